The fourth-order valence-corrected chi connectivity index (χ4v) is 3.98. The molecule has 0 atom stereocenters. The first kappa shape index (κ1) is 26.0. The lowest BCUT2D eigenvalue weighted by Crippen LogP contribution is -2.13. The minimum absolute atomic E-state index is 0.000129. The van der Waals surface area contributed by atoms with Crippen molar-refractivity contribution in [1.29, 1.82) is 5.26 Å². The SMILES string of the molecule is COc1cc(/C=C(/C#N)C(=O)Nc2ccc(C)c(Cl)c2)cc(I)c1OCc1ccc([N+](=O)[O-])cc1. The average Bonchev–Trinajstić information content (AvgIpc) is 2.84. The number of nitro benzene ring substituents is 1. The van der Waals surface area contributed by atoms with E-state index < -0.39 is 10.8 Å². The fourth-order valence-electron chi connectivity index (χ4n) is 3.02. The molecule has 0 aliphatic heterocycles. The molecule has 1 amide bonds. The number of hydrogen-bond acceptors (Lipinski definition) is 6. The molecule has 0 radical (unpaired) electrons. The number of anilines is 1. The molecule has 0 fully saturated rings. The second-order valence-corrected chi connectivity index (χ2v) is 8.90. The van der Waals surface area contributed by atoms with Crippen molar-refractivity contribution in [2.75, 3.05) is 12.4 Å². The number of hydrogen-bond donors (Lipinski definition) is 1. The van der Waals surface area contributed by atoms with Gasteiger partial charge < -0.3 is 14.8 Å². The molecule has 1 N–H and O–H groups in total. The molecule has 0 spiro atoms. The summed E-state index contributed by atoms with van der Waals surface area (Å²) in [5.41, 5.74) is 2.57. The van der Waals surface area contributed by atoms with Gasteiger partial charge in [0, 0.05) is 22.8 Å². The predicted molar refractivity (Wildman–Crippen MR) is 142 cm³/mol. The van der Waals surface area contributed by atoms with Gasteiger partial charge in [0.15, 0.2) is 11.5 Å². The fraction of sp³-hybridized carbons (Fsp3) is 0.120. The van der Waals surface area contributed by atoms with E-state index >= 15 is 0 Å². The van der Waals surface area contributed by atoms with Crippen LogP contribution in [0.3, 0.4) is 0 Å². The molecule has 10 heteroatoms. The van der Waals surface area contributed by atoms with E-state index in [-0.39, 0.29) is 17.9 Å². The molecule has 0 aromatic heterocycles. The van der Waals surface area contributed by atoms with Crippen LogP contribution in [0.4, 0.5) is 11.4 Å². The van der Waals surface area contributed by atoms with Gasteiger partial charge in [0.1, 0.15) is 18.2 Å². The Hall–Kier alpha value is -3.62. The molecule has 0 heterocycles. The monoisotopic (exact) mass is 603 g/mol. The van der Waals surface area contributed by atoms with Gasteiger partial charge >= 0.3 is 0 Å². The molecule has 0 aliphatic carbocycles. The summed E-state index contributed by atoms with van der Waals surface area (Å²) in [7, 11) is 1.48. The van der Waals surface area contributed by atoms with Gasteiger partial charge in [-0.05, 0) is 88.7 Å². The maximum Gasteiger partial charge on any atom is 0.269 e. The molecule has 0 bridgehead atoms. The van der Waals surface area contributed by atoms with Crippen molar-refractivity contribution in [3.05, 3.63) is 95.6 Å². The predicted octanol–water partition coefficient (Wildman–Crippen LogP) is 6.29. The number of carbonyl (C=O) groups is 1. The van der Waals surface area contributed by atoms with Crippen molar-refractivity contribution in [3.63, 3.8) is 0 Å². The first-order valence-electron chi connectivity index (χ1n) is 10.1. The summed E-state index contributed by atoms with van der Waals surface area (Å²) in [5, 5.41) is 23.5. The van der Waals surface area contributed by atoms with Crippen LogP contribution in [-0.4, -0.2) is 17.9 Å². The lowest BCUT2D eigenvalue weighted by molar-refractivity contribution is -0.384. The number of non-ortho nitro benzene ring substituents is 1. The van der Waals surface area contributed by atoms with E-state index in [9.17, 15) is 20.2 Å². The minimum Gasteiger partial charge on any atom is -0.493 e. The number of halogens is 2. The molecule has 35 heavy (non-hydrogen) atoms. The standard InChI is InChI=1S/C25H19ClIN3O5/c1-15-3-6-19(12-21(15)26)29-25(31)18(13-28)9-17-10-22(27)24(23(11-17)34-2)35-14-16-4-7-20(8-5-16)30(32)33/h3-12H,14H2,1-2H3,(H,29,31)/b18-9-. The van der Waals surface area contributed by atoms with Gasteiger partial charge in [0.2, 0.25) is 0 Å². The zero-order valence-electron chi connectivity index (χ0n) is 18.7. The van der Waals surface area contributed by atoms with E-state index in [2.05, 4.69) is 27.9 Å². The minimum atomic E-state index is -0.570. The first-order chi connectivity index (χ1) is 16.7. The van der Waals surface area contributed by atoms with Gasteiger partial charge in [-0.15, -0.1) is 0 Å². The van der Waals surface area contributed by atoms with E-state index in [1.807, 2.05) is 13.0 Å². The molecule has 178 valence electrons. The van der Waals surface area contributed by atoms with Crippen LogP contribution in [0.15, 0.2) is 60.2 Å². The van der Waals surface area contributed by atoms with Gasteiger partial charge in [-0.3, -0.25) is 14.9 Å². The number of aryl methyl sites for hydroxylation is 1. The highest BCUT2D eigenvalue weighted by atomic mass is 127. The normalized spacial score (nSPS) is 10.9. The largest absolute Gasteiger partial charge is 0.493 e. The summed E-state index contributed by atoms with van der Waals surface area (Å²) >= 11 is 8.18. The molecule has 0 saturated carbocycles. The van der Waals surface area contributed by atoms with Gasteiger partial charge in [0.25, 0.3) is 11.6 Å². The lowest BCUT2D eigenvalue weighted by atomic mass is 10.1. The van der Waals surface area contributed by atoms with Crippen molar-refractivity contribution in [2.24, 2.45) is 0 Å². The molecule has 3 aromatic rings. The Labute approximate surface area is 220 Å². The van der Waals surface area contributed by atoms with E-state index in [4.69, 9.17) is 21.1 Å². The average molecular weight is 604 g/mol. The Kier molecular flexibility index (Phi) is 8.68. The third kappa shape index (κ3) is 6.71. The zero-order chi connectivity index (χ0) is 25.5. The molecular weight excluding hydrogens is 585 g/mol. The summed E-state index contributed by atoms with van der Waals surface area (Å²) in [6, 6.07) is 16.5. The number of nitrogens with one attached hydrogen (secondary N) is 1. The Bertz CT molecular complexity index is 1350. The molecule has 0 aliphatic rings. The number of benzene rings is 3. The summed E-state index contributed by atoms with van der Waals surface area (Å²) in [4.78, 5) is 23.0. The smallest absolute Gasteiger partial charge is 0.269 e. The molecule has 3 aromatic carbocycles. The number of nitriles is 1. The number of nitro groups is 1. The summed E-state index contributed by atoms with van der Waals surface area (Å²) < 4.78 is 12.0. The van der Waals surface area contributed by atoms with Crippen molar-refractivity contribution >= 4 is 57.5 Å². The van der Waals surface area contributed by atoms with E-state index in [0.29, 0.717) is 31.3 Å². The third-order valence-electron chi connectivity index (χ3n) is 4.89. The summed E-state index contributed by atoms with van der Waals surface area (Å²) in [6.07, 6.45) is 1.45. The van der Waals surface area contributed by atoms with Crippen LogP contribution in [0.2, 0.25) is 5.02 Å². The number of rotatable bonds is 8. The number of nitrogens with zero attached hydrogens (tertiary/aromatic N) is 2. The quantitative estimate of drug-likeness (QED) is 0.106. The third-order valence-corrected chi connectivity index (χ3v) is 6.10. The van der Waals surface area contributed by atoms with Gasteiger partial charge in [-0.1, -0.05) is 17.7 Å². The lowest BCUT2D eigenvalue weighted by Gasteiger charge is -2.14. The van der Waals surface area contributed by atoms with Crippen molar-refractivity contribution in [3.8, 4) is 17.6 Å². The zero-order valence-corrected chi connectivity index (χ0v) is 21.6. The van der Waals surface area contributed by atoms with Gasteiger partial charge in [-0.25, -0.2) is 0 Å². The van der Waals surface area contributed by atoms with E-state index in [0.717, 1.165) is 11.1 Å². The summed E-state index contributed by atoms with van der Waals surface area (Å²) in [6.45, 7) is 2.02. The highest BCUT2D eigenvalue weighted by molar-refractivity contribution is 14.1. The van der Waals surface area contributed by atoms with Crippen LogP contribution < -0.4 is 14.8 Å². The van der Waals surface area contributed by atoms with Crippen LogP contribution >= 0.6 is 34.2 Å². The van der Waals surface area contributed by atoms with E-state index in [1.54, 1.807) is 42.5 Å². The highest BCUT2D eigenvalue weighted by Gasteiger charge is 2.15. The van der Waals surface area contributed by atoms with Crippen LogP contribution in [0.1, 0.15) is 16.7 Å². The molecular formula is C25H19ClIN3O5. The molecule has 3 rings (SSSR count). The number of carbonyl (C=O) groups excluding carboxylic acids is 1. The molecule has 8 nitrogen and oxygen atoms in total. The van der Waals surface area contributed by atoms with Gasteiger partial charge in [-0.2, -0.15) is 5.26 Å². The Balaban J connectivity index is 1.79. The van der Waals surface area contributed by atoms with Gasteiger partial charge in [0.05, 0.1) is 15.6 Å². The van der Waals surface area contributed by atoms with Crippen molar-refractivity contribution in [1.82, 2.24) is 0 Å². The Morgan fingerprint density at radius 1 is 1.23 bits per heavy atom. The van der Waals surface area contributed by atoms with E-state index in [1.165, 1.54) is 25.3 Å². The van der Waals surface area contributed by atoms with Crippen molar-refractivity contribution in [2.45, 2.75) is 13.5 Å². The van der Waals surface area contributed by atoms with Crippen molar-refractivity contribution < 1.29 is 19.2 Å². The topological polar surface area (TPSA) is 114 Å². The number of methoxy groups -OCH3 is 1. The maximum absolute atomic E-state index is 12.6. The van der Waals surface area contributed by atoms with Crippen LogP contribution in [-0.2, 0) is 11.4 Å². The maximum atomic E-state index is 12.6. The highest BCUT2D eigenvalue weighted by Crippen LogP contribution is 2.35. The van der Waals surface area contributed by atoms with Crippen LogP contribution in [0.25, 0.3) is 6.08 Å². The molecule has 0 unspecified atom stereocenters. The van der Waals surface area contributed by atoms with Crippen LogP contribution in [0.5, 0.6) is 11.5 Å². The number of amides is 1. The summed E-state index contributed by atoms with van der Waals surface area (Å²) in [5.74, 6) is 0.314. The second-order valence-electron chi connectivity index (χ2n) is 7.33. The number of ether oxygens (including phenoxy) is 2. The first-order valence-corrected chi connectivity index (χ1v) is 11.6. The Morgan fingerprint density at radius 3 is 2.54 bits per heavy atom. The Morgan fingerprint density at radius 2 is 1.94 bits per heavy atom. The molecule has 0 saturated heterocycles. The van der Waals surface area contributed by atoms with Crippen LogP contribution in [0, 0.1) is 31.9 Å². The second kappa shape index (κ2) is 11.7.